The summed E-state index contributed by atoms with van der Waals surface area (Å²) in [6, 6.07) is 1.82. The van der Waals surface area contributed by atoms with Crippen LogP contribution >= 0.6 is 11.6 Å². The van der Waals surface area contributed by atoms with Crippen molar-refractivity contribution in [3.8, 4) is 5.75 Å². The van der Waals surface area contributed by atoms with E-state index >= 15 is 4.39 Å². The number of rotatable bonds is 3. The van der Waals surface area contributed by atoms with Gasteiger partial charge < -0.3 is 29.4 Å². The number of ether oxygens (including phenoxy) is 2. The van der Waals surface area contributed by atoms with E-state index in [9.17, 15) is 9.59 Å². The van der Waals surface area contributed by atoms with Gasteiger partial charge in [-0.1, -0.05) is 11.6 Å². The topological polar surface area (TPSA) is 93.0 Å². The van der Waals surface area contributed by atoms with Gasteiger partial charge in [-0.25, -0.2) is 9.18 Å². The van der Waals surface area contributed by atoms with Crippen LogP contribution in [0.3, 0.4) is 0 Å². The van der Waals surface area contributed by atoms with E-state index in [-0.39, 0.29) is 34.3 Å². The van der Waals surface area contributed by atoms with Gasteiger partial charge in [-0.2, -0.15) is 0 Å². The van der Waals surface area contributed by atoms with Gasteiger partial charge >= 0.3 is 6.16 Å². The highest BCUT2D eigenvalue weighted by molar-refractivity contribution is 6.36. The minimum atomic E-state index is -1.61. The maximum atomic E-state index is 15.2. The summed E-state index contributed by atoms with van der Waals surface area (Å²) in [5, 5.41) is 11.9. The molecule has 5 rings (SSSR count). The first-order valence-corrected chi connectivity index (χ1v) is 9.89. The van der Waals surface area contributed by atoms with Crippen LogP contribution in [0.15, 0.2) is 17.1 Å². The Labute approximate surface area is 169 Å². The third kappa shape index (κ3) is 3.13. The Hall–Kier alpha value is -2.36. The van der Waals surface area contributed by atoms with Gasteiger partial charge in [0.1, 0.15) is 0 Å². The summed E-state index contributed by atoms with van der Waals surface area (Å²) in [6.45, 7) is 2.45. The molecule has 2 N–H and O–H groups in total. The molecule has 1 aliphatic carbocycles. The van der Waals surface area contributed by atoms with E-state index in [1.165, 1.54) is 6.20 Å². The highest BCUT2D eigenvalue weighted by Crippen LogP contribution is 2.41. The molecule has 1 aromatic carbocycles. The van der Waals surface area contributed by atoms with Gasteiger partial charge in [-0.15, -0.1) is 0 Å². The maximum absolute atomic E-state index is 15.2. The molecule has 0 spiro atoms. The Bertz CT molecular complexity index is 1060. The molecule has 2 unspecified atom stereocenters. The third-order valence-corrected chi connectivity index (χ3v) is 6.09. The minimum Gasteiger partial charge on any atom is -0.449 e. The molecule has 3 aliphatic rings. The molecule has 10 heteroatoms. The van der Waals surface area contributed by atoms with Crippen LogP contribution in [0, 0.1) is 5.82 Å². The highest BCUT2D eigenvalue weighted by Gasteiger charge is 2.37. The van der Waals surface area contributed by atoms with E-state index in [1.54, 1.807) is 10.6 Å². The standard InChI is InChI=1S/C19H19ClFN3O5/c20-16-15-11(24(9-1-2-9)8-14(18(15)25)29-19(26)27)5-12(17(16)21)23-6-10-13(7-23)28-4-3-22-10/h5,8-10,13,22H,1-4,6-7H2,(H,26,27). The number of fused-ring (bicyclic) bond motifs is 2. The molecule has 1 aromatic heterocycles. The molecule has 8 nitrogen and oxygen atoms in total. The van der Waals surface area contributed by atoms with E-state index in [2.05, 4.69) is 10.1 Å². The van der Waals surface area contributed by atoms with Crippen LogP contribution in [-0.2, 0) is 4.74 Å². The first kappa shape index (κ1) is 18.7. The van der Waals surface area contributed by atoms with Crippen LogP contribution in [0.4, 0.5) is 14.9 Å². The van der Waals surface area contributed by atoms with Crippen LogP contribution in [0.2, 0.25) is 5.02 Å². The average molecular weight is 424 g/mol. The number of nitrogens with one attached hydrogen (secondary N) is 1. The van der Waals surface area contributed by atoms with Crippen molar-refractivity contribution in [2.45, 2.75) is 31.0 Å². The number of anilines is 1. The quantitative estimate of drug-likeness (QED) is 0.732. The molecule has 2 aromatic rings. The van der Waals surface area contributed by atoms with Crippen molar-refractivity contribution in [3.05, 3.63) is 33.3 Å². The smallest absolute Gasteiger partial charge is 0.449 e. The number of hydrogen-bond acceptors (Lipinski definition) is 6. The Morgan fingerprint density at radius 1 is 1.38 bits per heavy atom. The summed E-state index contributed by atoms with van der Waals surface area (Å²) in [4.78, 5) is 25.6. The van der Waals surface area contributed by atoms with Crippen molar-refractivity contribution in [2.75, 3.05) is 31.1 Å². The van der Waals surface area contributed by atoms with Gasteiger partial charge in [0, 0.05) is 25.7 Å². The molecule has 29 heavy (non-hydrogen) atoms. The monoisotopic (exact) mass is 423 g/mol. The van der Waals surface area contributed by atoms with Gasteiger partial charge in [0.05, 0.1) is 46.6 Å². The lowest BCUT2D eigenvalue weighted by Gasteiger charge is -2.25. The second kappa shape index (κ2) is 6.86. The van der Waals surface area contributed by atoms with E-state index in [1.807, 2.05) is 4.90 Å². The largest absolute Gasteiger partial charge is 0.511 e. The lowest BCUT2D eigenvalue weighted by atomic mass is 10.1. The first-order valence-electron chi connectivity index (χ1n) is 9.51. The molecule has 2 atom stereocenters. The van der Waals surface area contributed by atoms with Crippen LogP contribution in [0.1, 0.15) is 18.9 Å². The molecule has 154 valence electrons. The first-order chi connectivity index (χ1) is 13.9. The van der Waals surface area contributed by atoms with E-state index in [4.69, 9.17) is 21.4 Å². The van der Waals surface area contributed by atoms with Crippen molar-refractivity contribution >= 4 is 34.3 Å². The Kier molecular flexibility index (Phi) is 4.41. The van der Waals surface area contributed by atoms with Crippen LogP contribution in [0.25, 0.3) is 10.9 Å². The molecule has 0 bridgehead atoms. The Balaban J connectivity index is 1.66. The van der Waals surface area contributed by atoms with Crippen molar-refractivity contribution in [3.63, 3.8) is 0 Å². The van der Waals surface area contributed by atoms with Crippen molar-refractivity contribution in [1.29, 1.82) is 0 Å². The summed E-state index contributed by atoms with van der Waals surface area (Å²) < 4.78 is 27.4. The fourth-order valence-electron chi connectivity index (χ4n) is 4.24. The number of carbonyl (C=O) groups is 1. The fourth-order valence-corrected chi connectivity index (χ4v) is 4.52. The molecule has 0 radical (unpaired) electrons. The molecular weight excluding hydrogens is 405 g/mol. The number of pyridine rings is 1. The summed E-state index contributed by atoms with van der Waals surface area (Å²) in [7, 11) is 0. The molecule has 2 saturated heterocycles. The summed E-state index contributed by atoms with van der Waals surface area (Å²) in [5.41, 5.74) is 0.0400. The number of benzene rings is 1. The lowest BCUT2D eigenvalue weighted by Crippen LogP contribution is -2.47. The SMILES string of the molecule is O=C(O)Oc1cn(C2CC2)c2cc(N3CC4NCCOC4C3)c(F)c(Cl)c2c1=O. The van der Waals surface area contributed by atoms with Gasteiger partial charge in [0.2, 0.25) is 5.43 Å². The highest BCUT2D eigenvalue weighted by atomic mass is 35.5. The number of halogens is 2. The zero-order valence-corrected chi connectivity index (χ0v) is 16.1. The van der Waals surface area contributed by atoms with Gasteiger partial charge in [-0.3, -0.25) is 4.79 Å². The number of hydrogen-bond donors (Lipinski definition) is 2. The van der Waals surface area contributed by atoms with Gasteiger partial charge in [0.15, 0.2) is 11.6 Å². The Morgan fingerprint density at radius 2 is 2.17 bits per heavy atom. The normalized spacial score (nSPS) is 24.0. The Morgan fingerprint density at radius 3 is 2.86 bits per heavy atom. The van der Waals surface area contributed by atoms with Crippen LogP contribution in [-0.4, -0.2) is 54.2 Å². The summed E-state index contributed by atoms with van der Waals surface area (Å²) in [5.74, 6) is -1.08. The predicted molar refractivity (Wildman–Crippen MR) is 104 cm³/mol. The van der Waals surface area contributed by atoms with E-state index in [0.717, 1.165) is 19.4 Å². The van der Waals surface area contributed by atoms with Crippen molar-refractivity contribution in [1.82, 2.24) is 9.88 Å². The fraction of sp³-hybridized carbons (Fsp3) is 0.474. The number of nitrogens with zero attached hydrogens (tertiary/aromatic N) is 2. The molecule has 0 amide bonds. The average Bonchev–Trinajstić information content (AvgIpc) is 3.44. The minimum absolute atomic E-state index is 0.0328. The molecule has 3 heterocycles. The molecular formula is C19H19ClFN3O5. The second-order valence-corrected chi connectivity index (χ2v) is 8.00. The molecule has 2 aliphatic heterocycles. The van der Waals surface area contributed by atoms with Crippen molar-refractivity contribution in [2.24, 2.45) is 0 Å². The summed E-state index contributed by atoms with van der Waals surface area (Å²) >= 11 is 6.31. The number of morpholine rings is 1. The van der Waals surface area contributed by atoms with Gasteiger partial charge in [-0.05, 0) is 18.9 Å². The molecule has 1 saturated carbocycles. The van der Waals surface area contributed by atoms with Crippen molar-refractivity contribution < 1.29 is 23.8 Å². The number of aromatic nitrogens is 1. The number of carboxylic acid groups (broad SMARTS) is 1. The molecule has 3 fully saturated rings. The second-order valence-electron chi connectivity index (χ2n) is 7.62. The van der Waals surface area contributed by atoms with E-state index < -0.39 is 17.4 Å². The lowest BCUT2D eigenvalue weighted by molar-refractivity contribution is 0.0212. The van der Waals surface area contributed by atoms with Crippen LogP contribution in [0.5, 0.6) is 5.75 Å². The third-order valence-electron chi connectivity index (χ3n) is 5.74. The maximum Gasteiger partial charge on any atom is 0.511 e. The summed E-state index contributed by atoms with van der Waals surface area (Å²) in [6.07, 6.45) is 1.49. The van der Waals surface area contributed by atoms with Crippen LogP contribution < -0.4 is 20.4 Å². The van der Waals surface area contributed by atoms with E-state index in [0.29, 0.717) is 30.9 Å². The predicted octanol–water partition coefficient (Wildman–Crippen LogP) is 2.36. The van der Waals surface area contributed by atoms with Gasteiger partial charge in [0.25, 0.3) is 0 Å². The zero-order chi connectivity index (χ0) is 20.3. The zero-order valence-electron chi connectivity index (χ0n) is 15.4.